The van der Waals surface area contributed by atoms with E-state index in [-0.39, 0.29) is 30.4 Å². The highest BCUT2D eigenvalue weighted by molar-refractivity contribution is 6.31. The van der Waals surface area contributed by atoms with Gasteiger partial charge in [0.1, 0.15) is 5.82 Å². The van der Waals surface area contributed by atoms with Crippen molar-refractivity contribution in [3.05, 3.63) is 81.3 Å². The average Bonchev–Trinajstić information content (AvgIpc) is 2.91. The Morgan fingerprint density at radius 3 is 2.58 bits per heavy atom. The number of halogens is 5. The number of hydrogen-bond donors (Lipinski definition) is 3. The molecule has 0 saturated carbocycles. The van der Waals surface area contributed by atoms with Crippen LogP contribution in [0.15, 0.2) is 48.2 Å². The smallest absolute Gasteiger partial charge is 0.386 e. The fourth-order valence-electron chi connectivity index (χ4n) is 5.28. The van der Waals surface area contributed by atoms with Crippen LogP contribution in [0.3, 0.4) is 0 Å². The quantitative estimate of drug-likeness (QED) is 0.294. The molecule has 0 spiro atoms. The maximum atomic E-state index is 14.9. The van der Waals surface area contributed by atoms with Gasteiger partial charge in [-0.1, -0.05) is 43.1 Å². The van der Waals surface area contributed by atoms with Gasteiger partial charge in [-0.2, -0.15) is 13.2 Å². The van der Waals surface area contributed by atoms with Crippen molar-refractivity contribution >= 4 is 40.9 Å². The number of allylic oxidation sites excluding steroid dienone is 1. The molecule has 2 aromatic rings. The Balaban J connectivity index is 1.76. The van der Waals surface area contributed by atoms with Gasteiger partial charge in [0, 0.05) is 42.9 Å². The predicted octanol–water partition coefficient (Wildman–Crippen LogP) is 6.33. The van der Waals surface area contributed by atoms with Crippen LogP contribution < -0.4 is 10.6 Å². The fourth-order valence-corrected chi connectivity index (χ4v) is 5.43. The van der Waals surface area contributed by atoms with Gasteiger partial charge in [0.2, 0.25) is 11.8 Å². The monoisotopic (exact) mass is 576 g/mol. The predicted molar refractivity (Wildman–Crippen MR) is 146 cm³/mol. The first kappa shape index (κ1) is 29.3. The molecule has 0 radical (unpaired) electrons. The van der Waals surface area contributed by atoms with Crippen molar-refractivity contribution in [2.45, 2.75) is 44.8 Å². The molecule has 11 heteroatoms. The van der Waals surface area contributed by atoms with Gasteiger partial charge >= 0.3 is 6.18 Å². The highest BCUT2D eigenvalue weighted by atomic mass is 35.5. The summed E-state index contributed by atoms with van der Waals surface area (Å²) in [7, 11) is 1.68. The Labute approximate surface area is 234 Å². The molecule has 2 heterocycles. The number of nitrogens with one attached hydrogen (secondary N) is 3. The van der Waals surface area contributed by atoms with Crippen molar-refractivity contribution in [3.8, 4) is 0 Å². The Bertz CT molecular complexity index is 1400. The number of amides is 2. The minimum Gasteiger partial charge on any atom is -0.386 e. The Morgan fingerprint density at radius 1 is 1.18 bits per heavy atom. The molecule has 2 amide bonds. The van der Waals surface area contributed by atoms with Gasteiger partial charge < -0.3 is 20.9 Å². The molecule has 1 unspecified atom stereocenters. The third-order valence-electron chi connectivity index (χ3n) is 7.34. The number of carbonyl (C=O) groups is 2. The van der Waals surface area contributed by atoms with Crippen LogP contribution in [0.4, 0.5) is 17.6 Å². The maximum absolute atomic E-state index is 14.9. The first-order chi connectivity index (χ1) is 19.0. The summed E-state index contributed by atoms with van der Waals surface area (Å²) in [6.07, 6.45) is -1.08. The Hall–Kier alpha value is -3.66. The molecule has 212 valence electrons. The van der Waals surface area contributed by atoms with Crippen molar-refractivity contribution in [1.82, 2.24) is 15.5 Å². The zero-order chi connectivity index (χ0) is 29.2. The molecule has 0 saturated heterocycles. The summed E-state index contributed by atoms with van der Waals surface area (Å²) < 4.78 is 56.0. The summed E-state index contributed by atoms with van der Waals surface area (Å²) in [5.74, 6) is -2.33. The van der Waals surface area contributed by atoms with Crippen LogP contribution in [0.2, 0.25) is 5.02 Å². The summed E-state index contributed by atoms with van der Waals surface area (Å²) in [5, 5.41) is 13.2. The van der Waals surface area contributed by atoms with Crippen molar-refractivity contribution < 1.29 is 27.2 Å². The maximum Gasteiger partial charge on any atom is 0.417 e. The lowest BCUT2D eigenvalue weighted by Crippen LogP contribution is -2.38. The van der Waals surface area contributed by atoms with Gasteiger partial charge in [0.05, 0.1) is 28.0 Å². The standard InChI is InChI=1S/C29H29ClF4N4O2/c1-16-5-3-8-23(17-6-4-7-19(13-17)27(36-2)22(15-35)37-28(16)40)38-12-11-18(14-24(38)39)25-20(29(32,33)34)9-10-21(30)26(25)31/h4,6-7,9-10,13-16,23,35-36H,3,5,8,11-12H2,1-2H3,(H,37,40)/b27-22+,35-15?/t16?,23-/m0/s1. The first-order valence-corrected chi connectivity index (χ1v) is 13.2. The second-order valence-electron chi connectivity index (χ2n) is 9.88. The summed E-state index contributed by atoms with van der Waals surface area (Å²) in [6.45, 7) is 1.86. The van der Waals surface area contributed by atoms with Gasteiger partial charge in [-0.15, -0.1) is 0 Å². The van der Waals surface area contributed by atoms with E-state index in [9.17, 15) is 27.2 Å². The number of carbonyl (C=O) groups excluding carboxylic acids is 2. The molecule has 0 aromatic heterocycles. The molecule has 2 aromatic carbocycles. The molecule has 2 bridgehead atoms. The molecule has 4 rings (SSSR count). The SMILES string of the molecule is CN/C1=C(\C=N)NC(=O)C(C)CCC[C@H](N2CCC(c3c(C(F)(F)F)ccc(Cl)c3F)=CC2=O)c2cccc1c2. The van der Waals surface area contributed by atoms with Crippen LogP contribution in [-0.4, -0.2) is 36.5 Å². The number of fused-ring (bicyclic) bond motifs is 2. The molecular weight excluding hydrogens is 548 g/mol. The van der Waals surface area contributed by atoms with Crippen LogP contribution in [0.25, 0.3) is 11.3 Å². The second kappa shape index (κ2) is 11.8. The molecule has 0 aliphatic carbocycles. The van der Waals surface area contributed by atoms with E-state index in [0.717, 1.165) is 30.0 Å². The normalized spacial score (nSPS) is 22.6. The topological polar surface area (TPSA) is 85.3 Å². The van der Waals surface area contributed by atoms with Gasteiger partial charge in [-0.05, 0) is 48.6 Å². The van der Waals surface area contributed by atoms with Crippen LogP contribution in [0.5, 0.6) is 0 Å². The third kappa shape index (κ3) is 5.91. The van der Waals surface area contributed by atoms with Crippen LogP contribution in [0.1, 0.15) is 60.9 Å². The van der Waals surface area contributed by atoms with E-state index in [1.54, 1.807) is 24.9 Å². The molecule has 0 fully saturated rings. The van der Waals surface area contributed by atoms with Crippen molar-refractivity contribution in [3.63, 3.8) is 0 Å². The van der Waals surface area contributed by atoms with E-state index < -0.39 is 40.1 Å². The molecule has 2 aliphatic rings. The van der Waals surface area contributed by atoms with Crippen LogP contribution >= 0.6 is 11.6 Å². The first-order valence-electron chi connectivity index (χ1n) is 12.9. The van der Waals surface area contributed by atoms with E-state index in [0.29, 0.717) is 36.2 Å². The van der Waals surface area contributed by atoms with Crippen molar-refractivity contribution in [2.24, 2.45) is 5.92 Å². The number of rotatable bonds is 4. The highest BCUT2D eigenvalue weighted by Gasteiger charge is 2.38. The van der Waals surface area contributed by atoms with Crippen molar-refractivity contribution in [1.29, 1.82) is 5.41 Å². The van der Waals surface area contributed by atoms with Gasteiger partial charge in [0.15, 0.2) is 0 Å². The van der Waals surface area contributed by atoms with Crippen LogP contribution in [-0.2, 0) is 15.8 Å². The van der Waals surface area contributed by atoms with E-state index in [4.69, 9.17) is 17.0 Å². The Kier molecular flexibility index (Phi) is 8.68. The van der Waals surface area contributed by atoms with Gasteiger partial charge in [-0.25, -0.2) is 4.39 Å². The summed E-state index contributed by atoms with van der Waals surface area (Å²) in [5.41, 5.74) is 0.381. The zero-order valence-electron chi connectivity index (χ0n) is 22.0. The molecule has 40 heavy (non-hydrogen) atoms. The minimum atomic E-state index is -4.83. The van der Waals surface area contributed by atoms with Gasteiger partial charge in [-0.3, -0.25) is 9.59 Å². The number of hydrogen-bond acceptors (Lipinski definition) is 4. The lowest BCUT2D eigenvalue weighted by atomic mass is 9.90. The van der Waals surface area contributed by atoms with E-state index in [1.807, 2.05) is 18.2 Å². The number of nitrogens with zero attached hydrogens (tertiary/aromatic N) is 1. The van der Waals surface area contributed by atoms with Gasteiger partial charge in [0.25, 0.3) is 0 Å². The largest absolute Gasteiger partial charge is 0.417 e. The van der Waals surface area contributed by atoms with E-state index in [1.165, 1.54) is 0 Å². The van der Waals surface area contributed by atoms with Crippen molar-refractivity contribution in [2.75, 3.05) is 13.6 Å². The molecule has 6 nitrogen and oxygen atoms in total. The van der Waals surface area contributed by atoms with E-state index >= 15 is 0 Å². The lowest BCUT2D eigenvalue weighted by Gasteiger charge is -2.35. The second-order valence-corrected chi connectivity index (χ2v) is 10.3. The number of alkyl halides is 3. The molecule has 2 aliphatic heterocycles. The molecular formula is C29H29ClF4N4O2. The van der Waals surface area contributed by atoms with E-state index in [2.05, 4.69) is 10.6 Å². The highest BCUT2D eigenvalue weighted by Crippen LogP contribution is 2.41. The molecule has 3 N–H and O–H groups in total. The number of benzene rings is 2. The summed E-state index contributed by atoms with van der Waals surface area (Å²) in [6, 6.07) is 8.49. The average molecular weight is 577 g/mol. The third-order valence-corrected chi connectivity index (χ3v) is 7.64. The zero-order valence-corrected chi connectivity index (χ0v) is 22.7. The summed E-state index contributed by atoms with van der Waals surface area (Å²) >= 11 is 5.82. The Morgan fingerprint density at radius 2 is 1.93 bits per heavy atom. The minimum absolute atomic E-state index is 0.000696. The van der Waals surface area contributed by atoms with Crippen LogP contribution in [0, 0.1) is 17.1 Å². The lowest BCUT2D eigenvalue weighted by molar-refractivity contribution is -0.138. The summed E-state index contributed by atoms with van der Waals surface area (Å²) in [4.78, 5) is 27.8. The molecule has 2 atom stereocenters. The fraction of sp³-hybridized carbons (Fsp3) is 0.345.